The maximum atomic E-state index is 5.87. The molecule has 0 saturated heterocycles. The molecule has 0 radical (unpaired) electrons. The molecule has 0 aliphatic carbocycles. The monoisotopic (exact) mass is 201 g/mol. The van der Waals surface area contributed by atoms with E-state index in [9.17, 15) is 0 Å². The average molecular weight is 202 g/mol. The lowest BCUT2D eigenvalue weighted by Gasteiger charge is -1.97. The Morgan fingerprint density at radius 2 is 1.92 bits per heavy atom. The molecule has 1 rings (SSSR count). The van der Waals surface area contributed by atoms with Crippen LogP contribution in [0.4, 0.5) is 0 Å². The lowest BCUT2D eigenvalue weighted by Crippen LogP contribution is -1.90. The minimum Gasteiger partial charge on any atom is -0.273 e. The molecule has 0 fully saturated rings. The molecule has 0 aliphatic rings. The van der Waals surface area contributed by atoms with E-state index in [1.165, 1.54) is 0 Å². The van der Waals surface area contributed by atoms with Crippen LogP contribution >= 0.6 is 23.2 Å². The van der Waals surface area contributed by atoms with Crippen LogP contribution in [0.15, 0.2) is 29.3 Å². The Balaban J connectivity index is 2.89. The minimum atomic E-state index is 0.536. The predicted molar refractivity (Wildman–Crippen MR) is 54.4 cm³/mol. The van der Waals surface area contributed by atoms with Gasteiger partial charge in [0, 0.05) is 17.1 Å². The summed E-state index contributed by atoms with van der Waals surface area (Å²) in [7, 11) is 0. The van der Waals surface area contributed by atoms with E-state index >= 15 is 0 Å². The summed E-state index contributed by atoms with van der Waals surface area (Å²) in [5.74, 6) is 0. The number of hydrogen-bond acceptors (Lipinski definition) is 1. The lowest BCUT2D eigenvalue weighted by molar-refractivity contribution is 1.14. The maximum Gasteiger partial charge on any atom is 0.130 e. The fourth-order valence-corrected chi connectivity index (χ4v) is 1.19. The fraction of sp³-hybridized carbons (Fsp3) is 0.222. The molecule has 12 heavy (non-hydrogen) atoms. The summed E-state index contributed by atoms with van der Waals surface area (Å²) < 4.78 is 0. The smallest absolute Gasteiger partial charge is 0.130 e. The van der Waals surface area contributed by atoms with E-state index in [1.54, 1.807) is 12.1 Å². The third-order valence-electron chi connectivity index (χ3n) is 1.38. The second-order valence-electron chi connectivity index (χ2n) is 2.27. The van der Waals surface area contributed by atoms with Gasteiger partial charge in [-0.1, -0.05) is 35.3 Å². The Morgan fingerprint density at radius 1 is 1.33 bits per heavy atom. The zero-order valence-corrected chi connectivity index (χ0v) is 8.23. The SMILES string of the molecule is CC/N=C(\Cl)c1ccc(Cl)cc1. The van der Waals surface area contributed by atoms with Crippen LogP contribution in [0.25, 0.3) is 0 Å². The molecule has 1 nitrogen and oxygen atoms in total. The molecule has 0 unspecified atom stereocenters. The molecule has 0 saturated carbocycles. The van der Waals surface area contributed by atoms with Crippen molar-refractivity contribution < 1.29 is 0 Å². The zero-order chi connectivity index (χ0) is 8.97. The van der Waals surface area contributed by atoms with Crippen molar-refractivity contribution in [2.75, 3.05) is 6.54 Å². The normalized spacial score (nSPS) is 11.8. The van der Waals surface area contributed by atoms with E-state index in [0.29, 0.717) is 16.7 Å². The van der Waals surface area contributed by atoms with Crippen LogP contribution in [0.5, 0.6) is 0 Å². The van der Waals surface area contributed by atoms with Crippen LogP contribution in [-0.2, 0) is 0 Å². The first-order valence-corrected chi connectivity index (χ1v) is 4.45. The van der Waals surface area contributed by atoms with Crippen molar-refractivity contribution >= 4 is 28.4 Å². The largest absolute Gasteiger partial charge is 0.273 e. The molecule has 0 atom stereocenters. The van der Waals surface area contributed by atoms with Gasteiger partial charge in [-0.05, 0) is 19.1 Å². The van der Waals surface area contributed by atoms with Crippen molar-refractivity contribution in [1.82, 2.24) is 0 Å². The molecule has 1 aromatic carbocycles. The lowest BCUT2D eigenvalue weighted by atomic mass is 10.2. The number of halogens is 2. The Morgan fingerprint density at radius 3 is 2.42 bits per heavy atom. The third-order valence-corrected chi connectivity index (χ3v) is 1.97. The Kier molecular flexibility index (Phi) is 3.57. The molecular weight excluding hydrogens is 193 g/mol. The van der Waals surface area contributed by atoms with Crippen molar-refractivity contribution in [1.29, 1.82) is 0 Å². The Bertz CT molecular complexity index is 277. The first kappa shape index (κ1) is 9.56. The summed E-state index contributed by atoms with van der Waals surface area (Å²) in [6, 6.07) is 7.29. The van der Waals surface area contributed by atoms with Crippen LogP contribution in [0.2, 0.25) is 5.02 Å². The highest BCUT2D eigenvalue weighted by Crippen LogP contribution is 2.11. The minimum absolute atomic E-state index is 0.536. The van der Waals surface area contributed by atoms with E-state index in [1.807, 2.05) is 19.1 Å². The van der Waals surface area contributed by atoms with E-state index < -0.39 is 0 Å². The van der Waals surface area contributed by atoms with Gasteiger partial charge >= 0.3 is 0 Å². The van der Waals surface area contributed by atoms with E-state index in [0.717, 1.165) is 5.56 Å². The predicted octanol–water partition coefficient (Wildman–Crippen LogP) is 3.35. The van der Waals surface area contributed by atoms with Crippen molar-refractivity contribution in [2.24, 2.45) is 4.99 Å². The molecule has 0 amide bonds. The van der Waals surface area contributed by atoms with E-state index in [-0.39, 0.29) is 0 Å². The summed E-state index contributed by atoms with van der Waals surface area (Å²) in [6.07, 6.45) is 0. The molecule has 64 valence electrons. The molecule has 1 aromatic rings. The van der Waals surface area contributed by atoms with Crippen LogP contribution in [-0.4, -0.2) is 11.7 Å². The van der Waals surface area contributed by atoms with Crippen LogP contribution in [0.3, 0.4) is 0 Å². The molecule has 0 N–H and O–H groups in total. The summed E-state index contributed by atoms with van der Waals surface area (Å²) in [6.45, 7) is 2.64. The van der Waals surface area contributed by atoms with Gasteiger partial charge in [0.1, 0.15) is 5.17 Å². The van der Waals surface area contributed by atoms with E-state index in [4.69, 9.17) is 23.2 Å². The number of nitrogens with zero attached hydrogens (tertiary/aromatic N) is 1. The average Bonchev–Trinajstić information content (AvgIpc) is 2.06. The molecule has 0 aromatic heterocycles. The van der Waals surface area contributed by atoms with Crippen LogP contribution < -0.4 is 0 Å². The van der Waals surface area contributed by atoms with Gasteiger partial charge in [0.15, 0.2) is 0 Å². The van der Waals surface area contributed by atoms with Gasteiger partial charge < -0.3 is 0 Å². The fourth-order valence-electron chi connectivity index (χ4n) is 0.818. The summed E-state index contributed by atoms with van der Waals surface area (Å²) in [5, 5.41) is 1.24. The standard InChI is InChI=1S/C9H9Cl2N/c1-2-12-9(11)7-3-5-8(10)6-4-7/h3-6H,2H2,1H3/b12-9-. The molecule has 0 heterocycles. The van der Waals surface area contributed by atoms with Crippen molar-refractivity contribution in [3.8, 4) is 0 Å². The van der Waals surface area contributed by atoms with Gasteiger partial charge in [-0.15, -0.1) is 0 Å². The second-order valence-corrected chi connectivity index (χ2v) is 3.07. The number of rotatable bonds is 2. The second kappa shape index (κ2) is 4.48. The Hall–Kier alpha value is -0.530. The van der Waals surface area contributed by atoms with Crippen molar-refractivity contribution in [3.05, 3.63) is 34.9 Å². The van der Waals surface area contributed by atoms with Gasteiger partial charge in [-0.25, -0.2) is 0 Å². The van der Waals surface area contributed by atoms with Gasteiger partial charge in [0.2, 0.25) is 0 Å². The first-order chi connectivity index (χ1) is 5.74. The highest BCUT2D eigenvalue weighted by Gasteiger charge is 1.97. The van der Waals surface area contributed by atoms with Crippen LogP contribution in [0.1, 0.15) is 12.5 Å². The first-order valence-electron chi connectivity index (χ1n) is 3.70. The van der Waals surface area contributed by atoms with Crippen molar-refractivity contribution in [3.63, 3.8) is 0 Å². The molecule has 0 aliphatic heterocycles. The van der Waals surface area contributed by atoms with Gasteiger partial charge in [-0.3, -0.25) is 4.99 Å². The maximum absolute atomic E-state index is 5.87. The van der Waals surface area contributed by atoms with Crippen molar-refractivity contribution in [2.45, 2.75) is 6.92 Å². The summed E-state index contributed by atoms with van der Waals surface area (Å²) in [5.41, 5.74) is 0.905. The van der Waals surface area contributed by atoms with Gasteiger partial charge in [0.25, 0.3) is 0 Å². The molecular formula is C9H9Cl2N. The highest BCUT2D eigenvalue weighted by atomic mass is 35.5. The molecule has 3 heteroatoms. The Labute approximate surface area is 82.0 Å². The quantitative estimate of drug-likeness (QED) is 0.652. The number of hydrogen-bond donors (Lipinski definition) is 0. The number of aliphatic imine (C=N–C) groups is 1. The summed E-state index contributed by atoms with van der Waals surface area (Å²) in [4.78, 5) is 4.06. The topological polar surface area (TPSA) is 12.4 Å². The van der Waals surface area contributed by atoms with E-state index in [2.05, 4.69) is 4.99 Å². The van der Waals surface area contributed by atoms with Crippen LogP contribution in [0, 0.1) is 0 Å². The van der Waals surface area contributed by atoms with Gasteiger partial charge in [-0.2, -0.15) is 0 Å². The number of benzene rings is 1. The summed E-state index contributed by atoms with van der Waals surface area (Å²) >= 11 is 11.6. The van der Waals surface area contributed by atoms with Gasteiger partial charge in [0.05, 0.1) is 0 Å². The highest BCUT2D eigenvalue weighted by molar-refractivity contribution is 6.69. The zero-order valence-electron chi connectivity index (χ0n) is 6.72. The molecule has 0 bridgehead atoms. The molecule has 0 spiro atoms. The third kappa shape index (κ3) is 2.50.